The van der Waals surface area contributed by atoms with Crippen LogP contribution < -0.4 is 11.1 Å². The molecule has 1 saturated carbocycles. The standard InChI is InChI=1S/C13H21BrN2S/c14-11-4-7-17-12(11)8-16-10-13(9-15)5-2-1-3-6-13/h4,7,16H,1-3,5-6,8-10,15H2. The van der Waals surface area contributed by atoms with Crippen molar-refractivity contribution >= 4 is 27.3 Å². The first-order valence-corrected chi connectivity index (χ1v) is 8.06. The third-order valence-electron chi connectivity index (χ3n) is 3.82. The number of thiophene rings is 1. The Hall–Kier alpha value is 0.100. The summed E-state index contributed by atoms with van der Waals surface area (Å²) in [7, 11) is 0. The number of hydrogen-bond acceptors (Lipinski definition) is 3. The molecule has 0 atom stereocenters. The Morgan fingerprint density at radius 1 is 1.35 bits per heavy atom. The Balaban J connectivity index is 1.82. The van der Waals surface area contributed by atoms with Gasteiger partial charge in [0.1, 0.15) is 0 Å². The highest BCUT2D eigenvalue weighted by molar-refractivity contribution is 9.10. The summed E-state index contributed by atoms with van der Waals surface area (Å²) in [5.41, 5.74) is 6.34. The third kappa shape index (κ3) is 3.53. The van der Waals surface area contributed by atoms with Crippen LogP contribution in [0.15, 0.2) is 15.9 Å². The quantitative estimate of drug-likeness (QED) is 0.872. The lowest BCUT2D eigenvalue weighted by Gasteiger charge is -2.36. The first kappa shape index (κ1) is 13.5. The predicted octanol–water partition coefficient (Wildman–Crippen LogP) is 3.51. The number of nitrogens with one attached hydrogen (secondary N) is 1. The van der Waals surface area contributed by atoms with E-state index in [0.717, 1.165) is 19.6 Å². The van der Waals surface area contributed by atoms with E-state index in [4.69, 9.17) is 5.73 Å². The van der Waals surface area contributed by atoms with E-state index >= 15 is 0 Å². The molecule has 1 aromatic heterocycles. The van der Waals surface area contributed by atoms with Gasteiger partial charge in [0.15, 0.2) is 0 Å². The van der Waals surface area contributed by atoms with E-state index in [0.29, 0.717) is 5.41 Å². The van der Waals surface area contributed by atoms with Crippen molar-refractivity contribution in [1.82, 2.24) is 5.32 Å². The minimum atomic E-state index is 0.363. The second-order valence-electron chi connectivity index (χ2n) is 5.06. The average Bonchev–Trinajstić information content (AvgIpc) is 2.76. The molecule has 0 bridgehead atoms. The molecule has 2 rings (SSSR count). The van der Waals surface area contributed by atoms with Gasteiger partial charge in [0.2, 0.25) is 0 Å². The van der Waals surface area contributed by atoms with Crippen LogP contribution in [0.4, 0.5) is 0 Å². The fraction of sp³-hybridized carbons (Fsp3) is 0.692. The molecule has 1 fully saturated rings. The van der Waals surface area contributed by atoms with Crippen LogP contribution in [0.3, 0.4) is 0 Å². The molecule has 0 aromatic carbocycles. The highest BCUT2D eigenvalue weighted by atomic mass is 79.9. The molecule has 1 aliphatic rings. The van der Waals surface area contributed by atoms with Crippen LogP contribution in [-0.4, -0.2) is 13.1 Å². The molecule has 17 heavy (non-hydrogen) atoms. The zero-order valence-electron chi connectivity index (χ0n) is 10.2. The summed E-state index contributed by atoms with van der Waals surface area (Å²) in [6.45, 7) is 2.85. The van der Waals surface area contributed by atoms with Crippen molar-refractivity contribution in [2.75, 3.05) is 13.1 Å². The smallest absolute Gasteiger partial charge is 0.0327 e. The minimum absolute atomic E-state index is 0.363. The summed E-state index contributed by atoms with van der Waals surface area (Å²) >= 11 is 5.37. The maximum Gasteiger partial charge on any atom is 0.0327 e. The van der Waals surface area contributed by atoms with E-state index in [1.54, 1.807) is 11.3 Å². The van der Waals surface area contributed by atoms with Crippen molar-refractivity contribution in [3.05, 3.63) is 20.8 Å². The Labute approximate surface area is 116 Å². The molecule has 0 spiro atoms. The summed E-state index contributed by atoms with van der Waals surface area (Å²) in [5, 5.41) is 5.72. The normalized spacial score (nSPS) is 19.4. The van der Waals surface area contributed by atoms with Crippen LogP contribution in [0.1, 0.15) is 37.0 Å². The Kier molecular flexibility index (Phi) is 5.03. The molecule has 1 aliphatic carbocycles. The van der Waals surface area contributed by atoms with E-state index < -0.39 is 0 Å². The summed E-state index contributed by atoms with van der Waals surface area (Å²) in [6, 6.07) is 2.11. The molecule has 3 N–H and O–H groups in total. The van der Waals surface area contributed by atoms with Crippen molar-refractivity contribution in [2.24, 2.45) is 11.1 Å². The molecule has 1 heterocycles. The maximum atomic E-state index is 5.98. The number of rotatable bonds is 5. The van der Waals surface area contributed by atoms with Crippen molar-refractivity contribution in [1.29, 1.82) is 0 Å². The van der Waals surface area contributed by atoms with Crippen molar-refractivity contribution in [2.45, 2.75) is 38.6 Å². The third-order valence-corrected chi connectivity index (χ3v) is 5.75. The zero-order chi connectivity index (χ0) is 12.1. The van der Waals surface area contributed by atoms with Gasteiger partial charge in [-0.15, -0.1) is 11.3 Å². The highest BCUT2D eigenvalue weighted by Gasteiger charge is 2.29. The van der Waals surface area contributed by atoms with Crippen molar-refractivity contribution < 1.29 is 0 Å². The van der Waals surface area contributed by atoms with E-state index in [1.807, 2.05) is 0 Å². The van der Waals surface area contributed by atoms with Crippen molar-refractivity contribution in [3.63, 3.8) is 0 Å². The molecular weight excluding hydrogens is 296 g/mol. The lowest BCUT2D eigenvalue weighted by molar-refractivity contribution is 0.191. The second-order valence-corrected chi connectivity index (χ2v) is 6.92. The van der Waals surface area contributed by atoms with Gasteiger partial charge in [-0.3, -0.25) is 0 Å². The van der Waals surface area contributed by atoms with Crippen LogP contribution in [0.5, 0.6) is 0 Å². The summed E-state index contributed by atoms with van der Waals surface area (Å²) in [4.78, 5) is 1.38. The van der Waals surface area contributed by atoms with Gasteiger partial charge < -0.3 is 11.1 Å². The fourth-order valence-electron chi connectivity index (χ4n) is 2.65. The van der Waals surface area contributed by atoms with Gasteiger partial charge in [0, 0.05) is 22.4 Å². The first-order valence-electron chi connectivity index (χ1n) is 6.38. The summed E-state index contributed by atoms with van der Waals surface area (Å²) in [6.07, 6.45) is 6.67. The van der Waals surface area contributed by atoms with Gasteiger partial charge in [-0.05, 0) is 52.2 Å². The van der Waals surface area contributed by atoms with Gasteiger partial charge in [-0.1, -0.05) is 19.3 Å². The summed E-state index contributed by atoms with van der Waals surface area (Å²) in [5.74, 6) is 0. The maximum absolute atomic E-state index is 5.98. The molecular formula is C13H21BrN2S. The number of hydrogen-bond donors (Lipinski definition) is 2. The van der Waals surface area contributed by atoms with Crippen molar-refractivity contribution in [3.8, 4) is 0 Å². The largest absolute Gasteiger partial charge is 0.330 e. The molecule has 4 heteroatoms. The van der Waals surface area contributed by atoms with Gasteiger partial charge in [-0.2, -0.15) is 0 Å². The molecule has 0 saturated heterocycles. The zero-order valence-corrected chi connectivity index (χ0v) is 12.6. The number of halogens is 1. The fourth-order valence-corrected chi connectivity index (χ4v) is 4.11. The topological polar surface area (TPSA) is 38.0 Å². The SMILES string of the molecule is NCC1(CNCc2sccc2Br)CCCCC1. The molecule has 0 unspecified atom stereocenters. The van der Waals surface area contributed by atoms with E-state index in [-0.39, 0.29) is 0 Å². The molecule has 96 valence electrons. The molecule has 0 aliphatic heterocycles. The molecule has 1 aromatic rings. The van der Waals surface area contributed by atoms with Crippen LogP contribution in [0.25, 0.3) is 0 Å². The predicted molar refractivity (Wildman–Crippen MR) is 78.3 cm³/mol. The Morgan fingerprint density at radius 3 is 2.71 bits per heavy atom. The lowest BCUT2D eigenvalue weighted by atomic mass is 9.74. The average molecular weight is 317 g/mol. The van der Waals surface area contributed by atoms with Crippen LogP contribution in [0.2, 0.25) is 0 Å². The molecule has 2 nitrogen and oxygen atoms in total. The lowest BCUT2D eigenvalue weighted by Crippen LogP contribution is -2.41. The monoisotopic (exact) mass is 316 g/mol. The van der Waals surface area contributed by atoms with E-state index in [1.165, 1.54) is 41.5 Å². The van der Waals surface area contributed by atoms with Gasteiger partial charge >= 0.3 is 0 Å². The van der Waals surface area contributed by atoms with Crippen LogP contribution in [-0.2, 0) is 6.54 Å². The van der Waals surface area contributed by atoms with Crippen LogP contribution >= 0.6 is 27.3 Å². The summed E-state index contributed by atoms with van der Waals surface area (Å²) < 4.78 is 1.22. The Bertz CT molecular complexity index is 345. The number of nitrogens with two attached hydrogens (primary N) is 1. The molecule has 0 amide bonds. The van der Waals surface area contributed by atoms with Gasteiger partial charge in [0.05, 0.1) is 0 Å². The van der Waals surface area contributed by atoms with Crippen LogP contribution in [0, 0.1) is 5.41 Å². The van der Waals surface area contributed by atoms with Gasteiger partial charge in [-0.25, -0.2) is 0 Å². The molecule has 0 radical (unpaired) electrons. The van der Waals surface area contributed by atoms with E-state index in [2.05, 4.69) is 32.7 Å². The van der Waals surface area contributed by atoms with Gasteiger partial charge in [0.25, 0.3) is 0 Å². The highest BCUT2D eigenvalue weighted by Crippen LogP contribution is 2.34. The first-order chi connectivity index (χ1) is 8.26. The second kappa shape index (κ2) is 6.32. The Morgan fingerprint density at radius 2 is 2.12 bits per heavy atom. The van der Waals surface area contributed by atoms with E-state index in [9.17, 15) is 0 Å². The minimum Gasteiger partial charge on any atom is -0.330 e.